The number of sulfonamides is 1. The van der Waals surface area contributed by atoms with Crippen LogP contribution in [0.25, 0.3) is 0 Å². The highest BCUT2D eigenvalue weighted by atomic mass is 35.5. The molecule has 7 heteroatoms. The monoisotopic (exact) mass is 352 g/mol. The van der Waals surface area contributed by atoms with E-state index in [2.05, 4.69) is 12.2 Å². The van der Waals surface area contributed by atoms with Crippen LogP contribution >= 0.6 is 24.0 Å². The smallest absolute Gasteiger partial charge is 0.244 e. The van der Waals surface area contributed by atoms with E-state index in [1.54, 1.807) is 16.4 Å². The van der Waals surface area contributed by atoms with Crippen molar-refractivity contribution in [1.82, 2.24) is 9.62 Å². The molecular weight excluding hydrogens is 331 g/mol. The van der Waals surface area contributed by atoms with E-state index in [1.165, 1.54) is 0 Å². The number of piperazine rings is 1. The van der Waals surface area contributed by atoms with Crippen molar-refractivity contribution >= 4 is 34.0 Å². The van der Waals surface area contributed by atoms with Crippen LogP contribution in [0.5, 0.6) is 0 Å². The summed E-state index contributed by atoms with van der Waals surface area (Å²) in [6, 6.07) is 5.24. The molecule has 2 rings (SSSR count). The van der Waals surface area contributed by atoms with Gasteiger partial charge in [-0.3, -0.25) is 0 Å². The van der Waals surface area contributed by atoms with Crippen LogP contribution in [0.4, 0.5) is 0 Å². The fraction of sp³-hybridized carbons (Fsp3) is 0.571. The average Bonchev–Trinajstić information content (AvgIpc) is 2.41. The van der Waals surface area contributed by atoms with Crippen molar-refractivity contribution in [2.24, 2.45) is 0 Å². The Labute approximate surface area is 138 Å². The number of aryl methyl sites for hydroxylation is 1. The van der Waals surface area contributed by atoms with Crippen LogP contribution in [0, 0.1) is 0 Å². The molecule has 0 unspecified atom stereocenters. The molecule has 21 heavy (non-hydrogen) atoms. The molecule has 1 saturated heterocycles. The lowest BCUT2D eigenvalue weighted by atomic mass is 10.1. The van der Waals surface area contributed by atoms with E-state index in [0.717, 1.165) is 18.4 Å². The Morgan fingerprint density at radius 1 is 1.43 bits per heavy atom. The van der Waals surface area contributed by atoms with Crippen molar-refractivity contribution in [3.63, 3.8) is 0 Å². The van der Waals surface area contributed by atoms with E-state index in [9.17, 15) is 8.42 Å². The maximum atomic E-state index is 12.8. The second kappa shape index (κ2) is 7.79. The van der Waals surface area contributed by atoms with Gasteiger partial charge in [0, 0.05) is 25.7 Å². The predicted molar refractivity (Wildman–Crippen MR) is 88.9 cm³/mol. The highest BCUT2D eigenvalue weighted by Crippen LogP contribution is 2.27. The molecule has 1 aromatic rings. The maximum absolute atomic E-state index is 12.8. The van der Waals surface area contributed by atoms with Gasteiger partial charge < -0.3 is 5.32 Å². The molecule has 0 aromatic heterocycles. The second-order valence-corrected chi connectivity index (χ2v) is 7.45. The van der Waals surface area contributed by atoms with E-state index in [0.29, 0.717) is 24.7 Å². The molecule has 1 atom stereocenters. The van der Waals surface area contributed by atoms with Crippen molar-refractivity contribution in [3.8, 4) is 0 Å². The molecule has 0 radical (unpaired) electrons. The quantitative estimate of drug-likeness (QED) is 0.906. The first kappa shape index (κ1) is 18.7. The van der Waals surface area contributed by atoms with Crippen molar-refractivity contribution in [3.05, 3.63) is 28.8 Å². The number of nitrogens with zero attached hydrogens (tertiary/aromatic N) is 1. The summed E-state index contributed by atoms with van der Waals surface area (Å²) in [5, 5.41) is 3.50. The average molecular weight is 353 g/mol. The van der Waals surface area contributed by atoms with Gasteiger partial charge in [0.05, 0.1) is 5.02 Å². The normalized spacial score (nSPS) is 20.0. The minimum Gasteiger partial charge on any atom is -0.314 e. The third-order valence-electron chi connectivity index (χ3n) is 3.56. The first-order valence-electron chi connectivity index (χ1n) is 6.97. The Morgan fingerprint density at radius 3 is 2.76 bits per heavy atom. The molecule has 0 aliphatic carbocycles. The summed E-state index contributed by atoms with van der Waals surface area (Å²) >= 11 is 6.13. The van der Waals surface area contributed by atoms with Gasteiger partial charge in [-0.15, -0.1) is 12.4 Å². The Bertz CT molecular complexity index is 578. The number of halogens is 2. The van der Waals surface area contributed by atoms with Crippen LogP contribution in [-0.2, 0) is 16.4 Å². The Kier molecular flexibility index (Phi) is 6.94. The van der Waals surface area contributed by atoms with Gasteiger partial charge in [-0.25, -0.2) is 8.42 Å². The number of hydrogen-bond acceptors (Lipinski definition) is 3. The lowest BCUT2D eigenvalue weighted by molar-refractivity contribution is 0.284. The van der Waals surface area contributed by atoms with Crippen LogP contribution < -0.4 is 5.32 Å². The topological polar surface area (TPSA) is 49.4 Å². The van der Waals surface area contributed by atoms with Gasteiger partial charge >= 0.3 is 0 Å². The largest absolute Gasteiger partial charge is 0.314 e. The van der Waals surface area contributed by atoms with E-state index in [-0.39, 0.29) is 23.3 Å². The molecule has 1 N–H and O–H groups in total. The van der Waals surface area contributed by atoms with E-state index >= 15 is 0 Å². The SMILES string of the molecule is CCCc1ccc(Cl)c(S(=O)(=O)N2CCNC[C@H]2C)c1.Cl. The summed E-state index contributed by atoms with van der Waals surface area (Å²) in [6.45, 7) is 5.81. The molecule has 1 fully saturated rings. The van der Waals surface area contributed by atoms with Crippen LogP contribution in [0.3, 0.4) is 0 Å². The fourth-order valence-electron chi connectivity index (χ4n) is 2.50. The van der Waals surface area contributed by atoms with Gasteiger partial charge in [0.2, 0.25) is 10.0 Å². The predicted octanol–water partition coefficient (Wildman–Crippen LogP) is 2.70. The van der Waals surface area contributed by atoms with Gasteiger partial charge in [0.15, 0.2) is 0 Å². The van der Waals surface area contributed by atoms with Crippen LogP contribution in [0.1, 0.15) is 25.8 Å². The molecule has 0 amide bonds. The highest BCUT2D eigenvalue weighted by molar-refractivity contribution is 7.89. The van der Waals surface area contributed by atoms with Crippen molar-refractivity contribution in [1.29, 1.82) is 0 Å². The Hall–Kier alpha value is -0.330. The molecule has 4 nitrogen and oxygen atoms in total. The summed E-state index contributed by atoms with van der Waals surface area (Å²) in [7, 11) is -3.52. The van der Waals surface area contributed by atoms with E-state index in [4.69, 9.17) is 11.6 Å². The first-order chi connectivity index (χ1) is 9.46. The van der Waals surface area contributed by atoms with E-state index < -0.39 is 10.0 Å². The Balaban J connectivity index is 0.00000220. The summed E-state index contributed by atoms with van der Waals surface area (Å²) in [5.41, 5.74) is 1.01. The van der Waals surface area contributed by atoms with Gasteiger partial charge in [-0.2, -0.15) is 4.31 Å². The number of rotatable bonds is 4. The summed E-state index contributed by atoms with van der Waals surface area (Å²) in [6.07, 6.45) is 1.84. The number of nitrogens with one attached hydrogen (secondary N) is 1. The molecule has 0 saturated carbocycles. The summed E-state index contributed by atoms with van der Waals surface area (Å²) < 4.78 is 27.1. The minimum atomic E-state index is -3.52. The van der Waals surface area contributed by atoms with Gasteiger partial charge in [0.25, 0.3) is 0 Å². The fourth-order valence-corrected chi connectivity index (χ4v) is 4.65. The third-order valence-corrected chi connectivity index (χ3v) is 6.06. The lowest BCUT2D eigenvalue weighted by Crippen LogP contribution is -2.52. The van der Waals surface area contributed by atoms with Gasteiger partial charge in [-0.05, 0) is 31.0 Å². The second-order valence-electron chi connectivity index (χ2n) is 5.18. The summed E-state index contributed by atoms with van der Waals surface area (Å²) in [4.78, 5) is 0.235. The standard InChI is InChI=1S/C14H21ClN2O2S.ClH/c1-3-4-12-5-6-13(15)14(9-12)20(18,19)17-8-7-16-10-11(17)2;/h5-6,9,11,16H,3-4,7-8,10H2,1-2H3;1H/t11-;/m1./s1. The molecule has 1 aromatic carbocycles. The van der Waals surface area contributed by atoms with Crippen LogP contribution in [0.2, 0.25) is 5.02 Å². The van der Waals surface area contributed by atoms with Gasteiger partial charge in [-0.1, -0.05) is 31.0 Å². The van der Waals surface area contributed by atoms with E-state index in [1.807, 2.05) is 13.0 Å². The summed E-state index contributed by atoms with van der Waals surface area (Å²) in [5.74, 6) is 0. The number of hydrogen-bond donors (Lipinski definition) is 1. The first-order valence-corrected chi connectivity index (χ1v) is 8.79. The van der Waals surface area contributed by atoms with Crippen LogP contribution in [0.15, 0.2) is 23.1 Å². The highest BCUT2D eigenvalue weighted by Gasteiger charge is 2.32. The maximum Gasteiger partial charge on any atom is 0.244 e. The van der Waals surface area contributed by atoms with Gasteiger partial charge in [0.1, 0.15) is 4.90 Å². The molecule has 120 valence electrons. The molecule has 0 bridgehead atoms. The zero-order chi connectivity index (χ0) is 14.8. The van der Waals surface area contributed by atoms with Crippen molar-refractivity contribution in [2.45, 2.75) is 37.6 Å². The van der Waals surface area contributed by atoms with Crippen LogP contribution in [-0.4, -0.2) is 38.4 Å². The minimum absolute atomic E-state index is 0. The van der Waals surface area contributed by atoms with Crippen molar-refractivity contribution < 1.29 is 8.42 Å². The number of benzene rings is 1. The molecule has 1 aliphatic rings. The zero-order valence-electron chi connectivity index (χ0n) is 12.3. The molecule has 1 aliphatic heterocycles. The molecule has 0 spiro atoms. The van der Waals surface area contributed by atoms with Crippen molar-refractivity contribution in [2.75, 3.05) is 19.6 Å². The third kappa shape index (κ3) is 4.11. The zero-order valence-corrected chi connectivity index (χ0v) is 14.7. The lowest BCUT2D eigenvalue weighted by Gasteiger charge is -2.33. The Morgan fingerprint density at radius 2 is 2.14 bits per heavy atom. The molecular formula is C14H22Cl2N2O2S. The molecule has 1 heterocycles.